The van der Waals surface area contributed by atoms with Crippen LogP contribution in [0.2, 0.25) is 0 Å². The fourth-order valence-corrected chi connectivity index (χ4v) is 3.61. The molecule has 2 heterocycles. The highest BCUT2D eigenvalue weighted by molar-refractivity contribution is 6.13. The monoisotopic (exact) mass is 398 g/mol. The Morgan fingerprint density at radius 3 is 2.33 bits per heavy atom. The second-order valence-electron chi connectivity index (χ2n) is 6.80. The zero-order valence-electron chi connectivity index (χ0n) is 15.8. The topological polar surface area (TPSA) is 86.7 Å². The van der Waals surface area contributed by atoms with Gasteiger partial charge in [-0.25, -0.2) is 9.59 Å². The molecule has 0 unspecified atom stereocenters. The van der Waals surface area contributed by atoms with E-state index in [1.807, 2.05) is 30.3 Å². The molecular formula is C24H14O6. The van der Waals surface area contributed by atoms with Gasteiger partial charge < -0.3 is 13.6 Å². The van der Waals surface area contributed by atoms with Crippen molar-refractivity contribution in [3.63, 3.8) is 0 Å². The first-order valence-corrected chi connectivity index (χ1v) is 9.18. The highest BCUT2D eigenvalue weighted by Crippen LogP contribution is 2.27. The maximum Gasteiger partial charge on any atom is 0.347 e. The van der Waals surface area contributed by atoms with Crippen LogP contribution in [0.1, 0.15) is 15.9 Å². The smallest absolute Gasteiger partial charge is 0.347 e. The summed E-state index contributed by atoms with van der Waals surface area (Å²) in [5.74, 6) is -0.377. The van der Waals surface area contributed by atoms with Crippen molar-refractivity contribution in [3.05, 3.63) is 98.7 Å². The van der Waals surface area contributed by atoms with Crippen LogP contribution >= 0.6 is 0 Å². The van der Waals surface area contributed by atoms with E-state index in [2.05, 4.69) is 0 Å². The molecule has 0 amide bonds. The molecule has 0 atom stereocenters. The van der Waals surface area contributed by atoms with E-state index >= 15 is 0 Å². The third-order valence-corrected chi connectivity index (χ3v) is 5.07. The Kier molecular flexibility index (Phi) is 3.99. The first-order valence-electron chi connectivity index (χ1n) is 9.18. The zero-order valence-corrected chi connectivity index (χ0v) is 15.8. The average molecular weight is 398 g/mol. The summed E-state index contributed by atoms with van der Waals surface area (Å²) in [7, 11) is 1.46. The van der Waals surface area contributed by atoms with E-state index < -0.39 is 17.0 Å². The Bertz CT molecular complexity index is 1590. The minimum Gasteiger partial charge on any atom is -0.493 e. The molecular weight excluding hydrogens is 384 g/mol. The number of para-hydroxylation sites is 1. The number of hydrogen-bond acceptors (Lipinski definition) is 6. The number of rotatable bonds is 3. The lowest BCUT2D eigenvalue weighted by atomic mass is 10.0. The van der Waals surface area contributed by atoms with Gasteiger partial charge in [-0.1, -0.05) is 42.5 Å². The summed E-state index contributed by atoms with van der Waals surface area (Å²) in [6.45, 7) is 0. The van der Waals surface area contributed by atoms with Gasteiger partial charge in [0.2, 0.25) is 5.78 Å². The largest absolute Gasteiger partial charge is 0.493 e. The fourth-order valence-electron chi connectivity index (χ4n) is 3.61. The lowest BCUT2D eigenvalue weighted by molar-refractivity contribution is 0.103. The lowest BCUT2D eigenvalue weighted by Crippen LogP contribution is -2.21. The molecule has 146 valence electrons. The molecule has 0 aliphatic carbocycles. The van der Waals surface area contributed by atoms with Crippen molar-refractivity contribution in [2.75, 3.05) is 7.11 Å². The standard InChI is InChI=1S/C24H14O6/c1-28-20-8-4-6-14-11-17(24(27)30-22(14)20)21(25)18-12-16-15-7-3-2-5-13(15)9-10-19(16)29-23(18)26/h2-12H,1H3. The van der Waals surface area contributed by atoms with Crippen LogP contribution in [0.15, 0.2) is 85.2 Å². The van der Waals surface area contributed by atoms with Gasteiger partial charge in [-0.3, -0.25) is 4.79 Å². The van der Waals surface area contributed by atoms with E-state index in [1.54, 1.807) is 24.3 Å². The van der Waals surface area contributed by atoms with Crippen molar-refractivity contribution in [1.82, 2.24) is 0 Å². The number of hydrogen-bond donors (Lipinski definition) is 0. The van der Waals surface area contributed by atoms with Gasteiger partial charge in [0.25, 0.3) is 0 Å². The van der Waals surface area contributed by atoms with Crippen LogP contribution in [-0.2, 0) is 0 Å². The summed E-state index contributed by atoms with van der Waals surface area (Å²) < 4.78 is 15.9. The highest BCUT2D eigenvalue weighted by atomic mass is 16.5. The first kappa shape index (κ1) is 17.9. The lowest BCUT2D eigenvalue weighted by Gasteiger charge is -2.06. The molecule has 5 aromatic rings. The third kappa shape index (κ3) is 2.69. The summed E-state index contributed by atoms with van der Waals surface area (Å²) in [5.41, 5.74) is -1.54. The normalized spacial score (nSPS) is 11.2. The molecule has 0 aliphatic heterocycles. The summed E-state index contributed by atoms with van der Waals surface area (Å²) in [4.78, 5) is 38.2. The Labute approximate surface area is 168 Å². The van der Waals surface area contributed by atoms with Crippen LogP contribution in [0.4, 0.5) is 0 Å². The Morgan fingerprint density at radius 1 is 0.767 bits per heavy atom. The molecule has 6 nitrogen and oxygen atoms in total. The maximum absolute atomic E-state index is 13.1. The summed E-state index contributed by atoms with van der Waals surface area (Å²) in [5, 5.41) is 2.90. The van der Waals surface area contributed by atoms with Crippen molar-refractivity contribution in [2.45, 2.75) is 0 Å². The molecule has 0 spiro atoms. The van der Waals surface area contributed by atoms with E-state index in [1.165, 1.54) is 19.2 Å². The minimum atomic E-state index is -0.852. The average Bonchev–Trinajstić information content (AvgIpc) is 2.77. The fraction of sp³-hybridized carbons (Fsp3) is 0.0417. The Morgan fingerprint density at radius 2 is 1.50 bits per heavy atom. The van der Waals surface area contributed by atoms with E-state index in [-0.39, 0.29) is 16.7 Å². The molecule has 0 bridgehead atoms. The molecule has 0 saturated carbocycles. The van der Waals surface area contributed by atoms with Gasteiger partial charge in [0.05, 0.1) is 7.11 Å². The molecule has 0 radical (unpaired) electrons. The maximum atomic E-state index is 13.1. The van der Waals surface area contributed by atoms with Crippen LogP contribution in [0, 0.1) is 0 Å². The SMILES string of the molecule is COc1cccc2cc(C(=O)c3cc4c(ccc5ccccc54)oc3=O)c(=O)oc12. The molecule has 0 aliphatic rings. The van der Waals surface area contributed by atoms with Crippen molar-refractivity contribution >= 4 is 38.5 Å². The predicted octanol–water partition coefficient (Wildman–Crippen LogP) is 4.29. The number of carbonyl (C=O) groups excluding carboxylic acids is 1. The molecule has 30 heavy (non-hydrogen) atoms. The van der Waals surface area contributed by atoms with Crippen LogP contribution in [0.5, 0.6) is 5.75 Å². The van der Waals surface area contributed by atoms with Crippen molar-refractivity contribution < 1.29 is 18.4 Å². The van der Waals surface area contributed by atoms with E-state index in [0.717, 1.165) is 10.8 Å². The summed E-state index contributed by atoms with van der Waals surface area (Å²) in [6.07, 6.45) is 0. The second-order valence-corrected chi connectivity index (χ2v) is 6.80. The van der Waals surface area contributed by atoms with Gasteiger partial charge in [0.1, 0.15) is 16.7 Å². The van der Waals surface area contributed by atoms with Gasteiger partial charge in [-0.2, -0.15) is 0 Å². The highest BCUT2D eigenvalue weighted by Gasteiger charge is 2.21. The van der Waals surface area contributed by atoms with E-state index in [4.69, 9.17) is 13.6 Å². The van der Waals surface area contributed by atoms with Crippen molar-refractivity contribution in [3.8, 4) is 5.75 Å². The zero-order chi connectivity index (χ0) is 20.8. The number of ketones is 1. The number of carbonyl (C=O) groups is 1. The number of benzene rings is 3. The van der Waals surface area contributed by atoms with Gasteiger partial charge in [0, 0.05) is 10.8 Å². The number of ether oxygens (including phenoxy) is 1. The number of fused-ring (bicyclic) bond motifs is 4. The summed E-state index contributed by atoms with van der Waals surface area (Å²) in [6, 6.07) is 19.0. The van der Waals surface area contributed by atoms with Gasteiger partial charge in [-0.15, -0.1) is 0 Å². The van der Waals surface area contributed by atoms with Crippen LogP contribution in [0.25, 0.3) is 32.7 Å². The van der Waals surface area contributed by atoms with Crippen molar-refractivity contribution in [1.29, 1.82) is 0 Å². The molecule has 2 aromatic heterocycles. The quantitative estimate of drug-likeness (QED) is 0.256. The Balaban J connectivity index is 1.74. The van der Waals surface area contributed by atoms with E-state index in [0.29, 0.717) is 22.1 Å². The van der Waals surface area contributed by atoms with E-state index in [9.17, 15) is 14.4 Å². The molecule has 6 heteroatoms. The minimum absolute atomic E-state index is 0.228. The molecule has 0 saturated heterocycles. The number of methoxy groups -OCH3 is 1. The molecule has 0 fully saturated rings. The first-order chi connectivity index (χ1) is 14.6. The third-order valence-electron chi connectivity index (χ3n) is 5.07. The second kappa shape index (κ2) is 6.70. The predicted molar refractivity (Wildman–Crippen MR) is 112 cm³/mol. The van der Waals surface area contributed by atoms with Gasteiger partial charge in [0.15, 0.2) is 11.3 Å². The van der Waals surface area contributed by atoms with Gasteiger partial charge in [-0.05, 0) is 35.0 Å². The van der Waals surface area contributed by atoms with Crippen LogP contribution in [0.3, 0.4) is 0 Å². The van der Waals surface area contributed by atoms with Crippen LogP contribution < -0.4 is 16.0 Å². The van der Waals surface area contributed by atoms with Gasteiger partial charge >= 0.3 is 11.3 Å². The summed E-state index contributed by atoms with van der Waals surface area (Å²) >= 11 is 0. The Hall–Kier alpha value is -4.19. The molecule has 0 N–H and O–H groups in total. The molecule has 5 rings (SSSR count). The van der Waals surface area contributed by atoms with Crippen LogP contribution in [-0.4, -0.2) is 12.9 Å². The molecule has 3 aromatic carbocycles. The van der Waals surface area contributed by atoms with Crippen molar-refractivity contribution in [2.24, 2.45) is 0 Å².